The van der Waals surface area contributed by atoms with Crippen LogP contribution in [0, 0.1) is 11.6 Å². The molecule has 1 unspecified atom stereocenters. The lowest BCUT2D eigenvalue weighted by Gasteiger charge is -2.13. The first-order chi connectivity index (χ1) is 8.93. The first-order valence-electron chi connectivity index (χ1n) is 5.30. The number of hydrogen-bond acceptors (Lipinski definition) is 2. The summed E-state index contributed by atoms with van der Waals surface area (Å²) in [5, 5.41) is 12.9. The highest BCUT2D eigenvalue weighted by atomic mass is 19.1. The number of halogens is 2. The molecule has 0 spiro atoms. The van der Waals surface area contributed by atoms with Crippen LogP contribution in [-0.4, -0.2) is 23.1 Å². The van der Waals surface area contributed by atoms with E-state index < -0.39 is 29.7 Å². The summed E-state index contributed by atoms with van der Waals surface area (Å²) >= 11 is 0. The smallest absolute Gasteiger partial charge is 0.326 e. The molecule has 102 valence electrons. The van der Waals surface area contributed by atoms with Gasteiger partial charge < -0.3 is 15.7 Å². The monoisotopic (exact) mass is 270 g/mol. The van der Waals surface area contributed by atoms with Gasteiger partial charge in [-0.15, -0.1) is 6.58 Å². The van der Waals surface area contributed by atoms with Gasteiger partial charge in [0.15, 0.2) is 0 Å². The zero-order chi connectivity index (χ0) is 14.4. The Morgan fingerprint density at radius 2 is 2.11 bits per heavy atom. The minimum atomic E-state index is -1.25. The minimum absolute atomic E-state index is 0.00832. The Hall–Kier alpha value is -2.44. The van der Waals surface area contributed by atoms with Crippen LogP contribution in [-0.2, 0) is 4.79 Å². The molecular formula is C12H12F2N2O3. The predicted molar refractivity (Wildman–Crippen MR) is 64.8 cm³/mol. The van der Waals surface area contributed by atoms with Crippen LogP contribution in [0.2, 0.25) is 0 Å². The molecule has 1 aromatic rings. The third kappa shape index (κ3) is 4.38. The number of amides is 2. The van der Waals surface area contributed by atoms with E-state index in [2.05, 4.69) is 11.9 Å². The van der Waals surface area contributed by atoms with Gasteiger partial charge in [0.25, 0.3) is 0 Å². The number of hydrogen-bond donors (Lipinski definition) is 3. The Morgan fingerprint density at radius 1 is 1.42 bits per heavy atom. The van der Waals surface area contributed by atoms with Crippen LogP contribution in [0.4, 0.5) is 19.3 Å². The molecule has 0 heterocycles. The molecule has 0 fully saturated rings. The highest BCUT2D eigenvalue weighted by Crippen LogP contribution is 2.15. The maximum Gasteiger partial charge on any atom is 0.326 e. The first-order valence-corrected chi connectivity index (χ1v) is 5.30. The van der Waals surface area contributed by atoms with Crippen LogP contribution in [0.5, 0.6) is 0 Å². The average molecular weight is 270 g/mol. The van der Waals surface area contributed by atoms with Crippen molar-refractivity contribution in [3.05, 3.63) is 42.5 Å². The molecule has 0 aliphatic heterocycles. The second kappa shape index (κ2) is 6.48. The topological polar surface area (TPSA) is 78.4 Å². The number of carboxylic acids is 1. The first kappa shape index (κ1) is 14.6. The van der Waals surface area contributed by atoms with E-state index in [0.29, 0.717) is 0 Å². The number of nitrogens with one attached hydrogen (secondary N) is 2. The zero-order valence-electron chi connectivity index (χ0n) is 9.82. The number of benzene rings is 1. The fourth-order valence-electron chi connectivity index (χ4n) is 1.30. The Bertz CT molecular complexity index is 506. The van der Waals surface area contributed by atoms with Crippen molar-refractivity contribution in [2.45, 2.75) is 12.5 Å². The maximum absolute atomic E-state index is 13.2. The summed E-state index contributed by atoms with van der Waals surface area (Å²) < 4.78 is 26.1. The fourth-order valence-corrected chi connectivity index (χ4v) is 1.30. The Balaban J connectivity index is 2.71. The Morgan fingerprint density at radius 3 is 2.68 bits per heavy atom. The van der Waals surface area contributed by atoms with E-state index in [1.165, 1.54) is 6.08 Å². The summed E-state index contributed by atoms with van der Waals surface area (Å²) in [4.78, 5) is 22.2. The van der Waals surface area contributed by atoms with Crippen molar-refractivity contribution < 1.29 is 23.5 Å². The molecule has 2 amide bonds. The van der Waals surface area contributed by atoms with Gasteiger partial charge in [0.05, 0.1) is 5.69 Å². The summed E-state index contributed by atoms with van der Waals surface area (Å²) in [7, 11) is 0. The molecule has 1 atom stereocenters. The van der Waals surface area contributed by atoms with E-state index in [0.717, 1.165) is 18.2 Å². The molecule has 0 saturated carbocycles. The summed E-state index contributed by atoms with van der Waals surface area (Å²) in [5.41, 5.74) is -0.375. The van der Waals surface area contributed by atoms with Crippen LogP contribution >= 0.6 is 0 Å². The van der Waals surface area contributed by atoms with E-state index in [9.17, 15) is 18.4 Å². The number of anilines is 1. The van der Waals surface area contributed by atoms with Crippen LogP contribution < -0.4 is 10.6 Å². The van der Waals surface area contributed by atoms with Crippen molar-refractivity contribution >= 4 is 17.7 Å². The molecule has 19 heavy (non-hydrogen) atoms. The van der Waals surface area contributed by atoms with Crippen molar-refractivity contribution in [2.24, 2.45) is 0 Å². The molecule has 0 saturated heterocycles. The average Bonchev–Trinajstić information content (AvgIpc) is 2.33. The molecule has 0 aliphatic carbocycles. The van der Waals surface area contributed by atoms with Gasteiger partial charge in [0.2, 0.25) is 0 Å². The van der Waals surface area contributed by atoms with Gasteiger partial charge in [-0.25, -0.2) is 18.4 Å². The van der Waals surface area contributed by atoms with Gasteiger partial charge in [0.1, 0.15) is 17.7 Å². The van der Waals surface area contributed by atoms with Crippen LogP contribution in [0.1, 0.15) is 6.42 Å². The lowest BCUT2D eigenvalue weighted by molar-refractivity contribution is -0.139. The number of rotatable bonds is 5. The quantitative estimate of drug-likeness (QED) is 0.717. The van der Waals surface area contributed by atoms with Gasteiger partial charge in [0, 0.05) is 6.07 Å². The molecule has 7 heteroatoms. The molecule has 1 rings (SSSR count). The van der Waals surface area contributed by atoms with Crippen LogP contribution in [0.3, 0.4) is 0 Å². The maximum atomic E-state index is 13.2. The molecule has 0 aromatic heterocycles. The van der Waals surface area contributed by atoms with Crippen molar-refractivity contribution in [1.82, 2.24) is 5.32 Å². The minimum Gasteiger partial charge on any atom is -0.480 e. The van der Waals surface area contributed by atoms with E-state index in [-0.39, 0.29) is 12.1 Å². The van der Waals surface area contributed by atoms with E-state index in [4.69, 9.17) is 5.11 Å². The second-order valence-electron chi connectivity index (χ2n) is 3.64. The largest absolute Gasteiger partial charge is 0.480 e. The van der Waals surface area contributed by atoms with Crippen molar-refractivity contribution in [2.75, 3.05) is 5.32 Å². The number of carboxylic acid groups (broad SMARTS) is 1. The molecule has 0 radical (unpaired) electrons. The predicted octanol–water partition coefficient (Wildman–Crippen LogP) is 2.12. The molecule has 0 aliphatic rings. The lowest BCUT2D eigenvalue weighted by atomic mass is 10.2. The Labute approximate surface area is 107 Å². The number of aliphatic carboxylic acids is 1. The van der Waals surface area contributed by atoms with Crippen molar-refractivity contribution in [1.29, 1.82) is 0 Å². The molecule has 5 nitrogen and oxygen atoms in total. The molecule has 3 N–H and O–H groups in total. The standard InChI is InChI=1S/C12H12F2N2O3/c1-2-3-9(11(17)18)15-12(19)16-10-6-7(13)4-5-8(10)14/h2,4-6,9H,1,3H2,(H,17,18)(H2,15,16,19). The SMILES string of the molecule is C=CCC(NC(=O)Nc1cc(F)ccc1F)C(=O)O. The second-order valence-corrected chi connectivity index (χ2v) is 3.64. The van der Waals surface area contributed by atoms with Gasteiger partial charge in [-0.3, -0.25) is 0 Å². The summed E-state index contributed by atoms with van der Waals surface area (Å²) in [6, 6.07) is 0.408. The van der Waals surface area contributed by atoms with Gasteiger partial charge in [-0.05, 0) is 18.6 Å². The molecule has 1 aromatic carbocycles. The van der Waals surface area contributed by atoms with Crippen LogP contribution in [0.15, 0.2) is 30.9 Å². The van der Waals surface area contributed by atoms with E-state index >= 15 is 0 Å². The molecular weight excluding hydrogens is 258 g/mol. The third-order valence-corrected chi connectivity index (χ3v) is 2.18. The van der Waals surface area contributed by atoms with Crippen LogP contribution in [0.25, 0.3) is 0 Å². The number of carbonyl (C=O) groups excluding carboxylic acids is 1. The van der Waals surface area contributed by atoms with Gasteiger partial charge in [-0.2, -0.15) is 0 Å². The zero-order valence-corrected chi connectivity index (χ0v) is 9.82. The van der Waals surface area contributed by atoms with Gasteiger partial charge >= 0.3 is 12.0 Å². The fraction of sp³-hybridized carbons (Fsp3) is 0.167. The van der Waals surface area contributed by atoms with E-state index in [1.54, 1.807) is 0 Å². The van der Waals surface area contributed by atoms with Crippen molar-refractivity contribution in [3.63, 3.8) is 0 Å². The number of urea groups is 1. The van der Waals surface area contributed by atoms with Crippen molar-refractivity contribution in [3.8, 4) is 0 Å². The van der Waals surface area contributed by atoms with E-state index in [1.807, 2.05) is 5.32 Å². The van der Waals surface area contributed by atoms with Gasteiger partial charge in [-0.1, -0.05) is 6.08 Å². The number of carbonyl (C=O) groups is 2. The molecule has 0 bridgehead atoms. The highest BCUT2D eigenvalue weighted by molar-refractivity contribution is 5.92. The lowest BCUT2D eigenvalue weighted by Crippen LogP contribution is -2.42. The summed E-state index contributed by atoms with van der Waals surface area (Å²) in [6.07, 6.45) is 1.33. The summed E-state index contributed by atoms with van der Waals surface area (Å²) in [5.74, 6) is -2.81. The normalized spacial score (nSPS) is 11.5. The third-order valence-electron chi connectivity index (χ3n) is 2.18. The summed E-state index contributed by atoms with van der Waals surface area (Å²) in [6.45, 7) is 3.36. The Kier molecular flexibility index (Phi) is 4.99. The highest BCUT2D eigenvalue weighted by Gasteiger charge is 2.18.